The molecule has 2 saturated heterocycles. The quantitative estimate of drug-likeness (QED) is 0.334. The summed E-state index contributed by atoms with van der Waals surface area (Å²) < 4.78 is 0. The fraction of sp³-hybridized carbons (Fsp3) is 0.414. The Bertz CT molecular complexity index is 1240. The molecular formula is C29H31Cl3N7V-3. The summed E-state index contributed by atoms with van der Waals surface area (Å²) in [5.74, 6) is 1.38. The molecule has 0 N–H and O–H groups in total. The number of fused-ring (bicyclic) bond motifs is 2. The molecule has 0 amide bonds. The minimum absolute atomic E-state index is 0. The van der Waals surface area contributed by atoms with Gasteiger partial charge in [-0.15, -0.1) is 0 Å². The van der Waals surface area contributed by atoms with E-state index in [1.807, 2.05) is 18.2 Å². The molecule has 1 aromatic heterocycles. The summed E-state index contributed by atoms with van der Waals surface area (Å²) in [6.45, 7) is 4.50. The van der Waals surface area contributed by atoms with E-state index in [4.69, 9.17) is 25.0 Å². The molecule has 11 heteroatoms. The number of aromatic nitrogens is 1. The summed E-state index contributed by atoms with van der Waals surface area (Å²) in [6.07, 6.45) is 20.8. The SMILES string of the molecule is C1=CC2N=C(c3cccc(C4=NC5C=CC(N6CCCCC6)=CC5=N4)n3)N=C2C=C1N1CCCCC1.[Cl-].[Cl-].[Cl-].[V]. The second kappa shape index (κ2) is 14.1. The normalized spacial score (nSPS) is 24.3. The van der Waals surface area contributed by atoms with Crippen molar-refractivity contribution < 1.29 is 55.8 Å². The van der Waals surface area contributed by atoms with E-state index in [2.05, 4.69) is 46.3 Å². The third-order valence-corrected chi connectivity index (χ3v) is 7.74. The minimum atomic E-state index is -0.0191. The van der Waals surface area contributed by atoms with Gasteiger partial charge in [0, 0.05) is 56.1 Å². The third kappa shape index (κ3) is 6.50. The predicted molar refractivity (Wildman–Crippen MR) is 145 cm³/mol. The second-order valence-corrected chi connectivity index (χ2v) is 10.2. The molecule has 2 unspecified atom stereocenters. The monoisotopic (exact) mass is 633 g/mol. The van der Waals surface area contributed by atoms with Gasteiger partial charge in [0.25, 0.3) is 0 Å². The van der Waals surface area contributed by atoms with E-state index >= 15 is 0 Å². The van der Waals surface area contributed by atoms with E-state index in [-0.39, 0.29) is 67.9 Å². The van der Waals surface area contributed by atoms with Crippen LogP contribution in [0.4, 0.5) is 0 Å². The van der Waals surface area contributed by atoms with Crippen molar-refractivity contribution >= 4 is 23.1 Å². The van der Waals surface area contributed by atoms with Gasteiger partial charge in [-0.05, 0) is 75.0 Å². The number of hydrogen-bond donors (Lipinski definition) is 0. The molecule has 7 rings (SSSR count). The van der Waals surface area contributed by atoms with Crippen molar-refractivity contribution in [2.24, 2.45) is 20.0 Å². The van der Waals surface area contributed by atoms with Gasteiger partial charge in [-0.25, -0.2) is 15.0 Å². The Labute approximate surface area is 266 Å². The minimum Gasteiger partial charge on any atom is -1.00 e. The molecule has 2 atom stereocenters. The number of piperidine rings is 2. The first-order valence-electron chi connectivity index (χ1n) is 13.4. The first-order valence-corrected chi connectivity index (χ1v) is 13.4. The molecule has 2 fully saturated rings. The van der Waals surface area contributed by atoms with E-state index in [0.29, 0.717) is 11.7 Å². The average molecular weight is 635 g/mol. The number of nitrogens with zero attached hydrogens (tertiary/aromatic N) is 7. The molecule has 40 heavy (non-hydrogen) atoms. The molecule has 5 heterocycles. The van der Waals surface area contributed by atoms with Crippen LogP contribution in [-0.2, 0) is 18.6 Å². The summed E-state index contributed by atoms with van der Waals surface area (Å²) in [6, 6.07) is 5.92. The van der Waals surface area contributed by atoms with Crippen LogP contribution in [0.1, 0.15) is 49.9 Å². The Hall–Kier alpha value is -2.16. The van der Waals surface area contributed by atoms with Crippen molar-refractivity contribution in [2.75, 3.05) is 26.2 Å². The Morgan fingerprint density at radius 3 is 1.45 bits per heavy atom. The summed E-state index contributed by atoms with van der Waals surface area (Å²) in [5.41, 5.74) is 6.07. The molecule has 7 nitrogen and oxygen atoms in total. The van der Waals surface area contributed by atoms with Gasteiger partial charge in [0.05, 0.1) is 11.4 Å². The largest absolute Gasteiger partial charge is 1.00 e. The predicted octanol–water partition coefficient (Wildman–Crippen LogP) is -4.89. The van der Waals surface area contributed by atoms with Crippen molar-refractivity contribution in [3.05, 3.63) is 77.4 Å². The van der Waals surface area contributed by atoms with Crippen LogP contribution in [0, 0.1) is 0 Å². The molecule has 0 aromatic carbocycles. The van der Waals surface area contributed by atoms with Gasteiger partial charge >= 0.3 is 0 Å². The standard InChI is InChI=1S/C29H31N7.3ClH.V/c1-3-14-35(15-4-1)20-10-12-22-26(18-20)33-28(31-22)24-8-7-9-25(30-24)29-32-23-13-11-21(19-27(23)34-29)36-16-5-2-6-17-36;;;;/h7-13,18-19,22-23H,1-6,14-17H2;3*1H;/p-3. The smallest absolute Gasteiger partial charge is 0.174 e. The first kappa shape index (κ1) is 32.4. The van der Waals surface area contributed by atoms with Gasteiger partial charge in [-0.3, -0.25) is 9.98 Å². The molecule has 0 spiro atoms. The summed E-state index contributed by atoms with van der Waals surface area (Å²) >= 11 is 0. The molecule has 0 saturated carbocycles. The van der Waals surface area contributed by atoms with Crippen LogP contribution in [0.2, 0.25) is 0 Å². The van der Waals surface area contributed by atoms with Crippen molar-refractivity contribution in [1.29, 1.82) is 0 Å². The van der Waals surface area contributed by atoms with Gasteiger partial charge in [0.1, 0.15) is 23.5 Å². The van der Waals surface area contributed by atoms with E-state index in [9.17, 15) is 0 Å². The number of aliphatic imine (C=N–C) groups is 4. The van der Waals surface area contributed by atoms with Gasteiger partial charge in [-0.1, -0.05) is 18.2 Å². The molecule has 1 radical (unpaired) electrons. The summed E-state index contributed by atoms with van der Waals surface area (Å²) in [5, 5.41) is 0. The molecule has 4 aliphatic heterocycles. The van der Waals surface area contributed by atoms with Crippen LogP contribution in [0.15, 0.2) is 86.0 Å². The Morgan fingerprint density at radius 1 is 0.600 bits per heavy atom. The van der Waals surface area contributed by atoms with Crippen LogP contribution in [0.3, 0.4) is 0 Å². The molecule has 1 aromatic rings. The fourth-order valence-corrected chi connectivity index (χ4v) is 5.76. The van der Waals surface area contributed by atoms with Crippen molar-refractivity contribution in [2.45, 2.75) is 50.6 Å². The van der Waals surface area contributed by atoms with Crippen molar-refractivity contribution in [1.82, 2.24) is 14.8 Å². The Balaban J connectivity index is 0.00000110. The summed E-state index contributed by atoms with van der Waals surface area (Å²) in [7, 11) is 0. The second-order valence-electron chi connectivity index (χ2n) is 10.2. The number of halogens is 3. The van der Waals surface area contributed by atoms with Crippen LogP contribution < -0.4 is 37.2 Å². The van der Waals surface area contributed by atoms with E-state index in [0.717, 1.165) is 49.0 Å². The maximum atomic E-state index is 4.88. The zero-order valence-electron chi connectivity index (χ0n) is 22.1. The maximum Gasteiger partial charge on any atom is 0.174 e. The molecule has 211 valence electrons. The zero-order chi connectivity index (χ0) is 23.9. The van der Waals surface area contributed by atoms with Gasteiger partial charge in [0.2, 0.25) is 0 Å². The third-order valence-electron chi connectivity index (χ3n) is 7.74. The van der Waals surface area contributed by atoms with Gasteiger partial charge < -0.3 is 47.0 Å². The van der Waals surface area contributed by atoms with Crippen LogP contribution >= 0.6 is 0 Å². The van der Waals surface area contributed by atoms with Crippen molar-refractivity contribution in [3.63, 3.8) is 0 Å². The van der Waals surface area contributed by atoms with E-state index in [1.54, 1.807) is 0 Å². The van der Waals surface area contributed by atoms with Crippen molar-refractivity contribution in [3.8, 4) is 0 Å². The zero-order valence-corrected chi connectivity index (χ0v) is 25.8. The number of amidine groups is 2. The first-order chi connectivity index (χ1) is 17.8. The topological polar surface area (TPSA) is 68.8 Å². The van der Waals surface area contributed by atoms with Gasteiger partial charge in [-0.2, -0.15) is 0 Å². The van der Waals surface area contributed by atoms with Crippen LogP contribution in [0.5, 0.6) is 0 Å². The number of rotatable bonds is 4. The summed E-state index contributed by atoms with van der Waals surface area (Å²) in [4.78, 5) is 29.3. The van der Waals surface area contributed by atoms with Crippen LogP contribution in [0.25, 0.3) is 0 Å². The van der Waals surface area contributed by atoms with Crippen LogP contribution in [-0.4, -0.2) is 76.1 Å². The van der Waals surface area contributed by atoms with E-state index in [1.165, 1.54) is 49.9 Å². The number of hydrogen-bond acceptors (Lipinski definition) is 7. The fourth-order valence-electron chi connectivity index (χ4n) is 5.76. The molecule has 2 aliphatic carbocycles. The Kier molecular flexibility index (Phi) is 11.4. The maximum absolute atomic E-state index is 4.88. The molecular weight excluding hydrogens is 604 g/mol. The average Bonchev–Trinajstić information content (AvgIpc) is 3.58. The number of likely N-dealkylation sites (tertiary alicyclic amines) is 2. The molecule has 0 bridgehead atoms. The van der Waals surface area contributed by atoms with Gasteiger partial charge in [0.15, 0.2) is 11.7 Å². The van der Waals surface area contributed by atoms with E-state index < -0.39 is 0 Å². The Morgan fingerprint density at radius 2 is 1.02 bits per heavy atom. The molecule has 6 aliphatic rings. The number of pyridine rings is 1. The number of allylic oxidation sites excluding steroid dienone is 2.